The first-order valence-corrected chi connectivity index (χ1v) is 15.6. The van der Waals surface area contributed by atoms with E-state index in [1.807, 2.05) is 13.8 Å². The fraction of sp³-hybridized carbons (Fsp3) is 1.00. The van der Waals surface area contributed by atoms with Crippen molar-refractivity contribution in [2.24, 2.45) is 5.41 Å². The Balaban J connectivity index is 7.87. The first-order valence-electron chi connectivity index (χ1n) is 13.0. The van der Waals surface area contributed by atoms with Gasteiger partial charge in [0.2, 0.25) is 0 Å². The van der Waals surface area contributed by atoms with Crippen LogP contribution < -0.4 is 0 Å². The number of halogens is 6. The molecule has 9 atom stereocenters. The number of ether oxygens (including phenoxy) is 2. The van der Waals surface area contributed by atoms with Crippen molar-refractivity contribution in [3.8, 4) is 0 Å². The number of aliphatic hydroxyl groups excluding tert-OH is 3. The highest BCUT2D eigenvalue weighted by Gasteiger charge is 2.68. The largest absolute Gasteiger partial charge is 0.395 e. The van der Waals surface area contributed by atoms with Crippen LogP contribution >= 0.6 is 69.6 Å². The minimum Gasteiger partial charge on any atom is -0.395 e. The molecule has 0 aliphatic carbocycles. The molecule has 0 amide bonds. The molecule has 9 unspecified atom stereocenters. The molecular formula is C26H48Cl6O5. The van der Waals surface area contributed by atoms with Gasteiger partial charge in [0.05, 0.1) is 54.0 Å². The molecule has 0 aromatic heterocycles. The van der Waals surface area contributed by atoms with E-state index >= 15 is 0 Å². The van der Waals surface area contributed by atoms with Crippen LogP contribution in [-0.4, -0.2) is 90.8 Å². The molecule has 37 heavy (non-hydrogen) atoms. The Kier molecular flexibility index (Phi) is 18.2. The normalized spacial score (nSPS) is 24.0. The van der Waals surface area contributed by atoms with E-state index in [0.717, 1.165) is 0 Å². The average Bonchev–Trinajstić information content (AvgIpc) is 2.69. The molecule has 5 nitrogen and oxygen atoms in total. The van der Waals surface area contributed by atoms with Gasteiger partial charge < -0.3 is 24.8 Å². The van der Waals surface area contributed by atoms with E-state index in [1.54, 1.807) is 34.6 Å². The standard InChI is InChI=1S/C26H48Cl6O5/c1-16(27)8-23(35)26(15-33,24(9-17(2)28,10-18(3)29)36-13-21(6)32)25(11-19(4)30,12-20(5)31)37-14-22(7)34/h16-23,33-35H,8-15H2,1-7H3. The van der Waals surface area contributed by atoms with Gasteiger partial charge in [0.25, 0.3) is 0 Å². The molecule has 0 aliphatic heterocycles. The Labute approximate surface area is 254 Å². The van der Waals surface area contributed by atoms with Crippen LogP contribution in [0.2, 0.25) is 0 Å². The zero-order chi connectivity index (χ0) is 29.2. The smallest absolute Gasteiger partial charge is 0.0842 e. The molecule has 0 aromatic carbocycles. The van der Waals surface area contributed by atoms with Crippen molar-refractivity contribution >= 4 is 69.6 Å². The summed E-state index contributed by atoms with van der Waals surface area (Å²) >= 11 is 39.3. The summed E-state index contributed by atoms with van der Waals surface area (Å²) in [6, 6.07) is 0. The summed E-state index contributed by atoms with van der Waals surface area (Å²) in [5.41, 5.74) is -4.28. The van der Waals surface area contributed by atoms with Gasteiger partial charge in [-0.25, -0.2) is 0 Å². The van der Waals surface area contributed by atoms with E-state index in [4.69, 9.17) is 79.1 Å². The predicted octanol–water partition coefficient (Wildman–Crippen LogP) is 6.93. The van der Waals surface area contributed by atoms with Gasteiger partial charge in [-0.15, -0.1) is 69.6 Å². The van der Waals surface area contributed by atoms with Crippen molar-refractivity contribution in [1.29, 1.82) is 0 Å². The molecule has 0 saturated heterocycles. The first kappa shape index (κ1) is 38.5. The van der Waals surface area contributed by atoms with Crippen LogP contribution in [0.25, 0.3) is 0 Å². The average molecular weight is 653 g/mol. The van der Waals surface area contributed by atoms with Gasteiger partial charge in [0.15, 0.2) is 0 Å². The zero-order valence-corrected chi connectivity index (χ0v) is 27.7. The van der Waals surface area contributed by atoms with E-state index < -0.39 is 62.3 Å². The lowest BCUT2D eigenvalue weighted by Crippen LogP contribution is -2.73. The van der Waals surface area contributed by atoms with Crippen molar-refractivity contribution in [2.75, 3.05) is 19.8 Å². The topological polar surface area (TPSA) is 79.2 Å². The van der Waals surface area contributed by atoms with Crippen LogP contribution in [0.3, 0.4) is 0 Å². The molecule has 0 bridgehead atoms. The summed E-state index contributed by atoms with van der Waals surface area (Å²) in [5, 5.41) is 31.2. The van der Waals surface area contributed by atoms with Gasteiger partial charge in [-0.05, 0) is 80.6 Å². The minimum atomic E-state index is -1.57. The second-order valence-corrected chi connectivity index (χ2v) is 15.3. The molecule has 0 fully saturated rings. The molecule has 0 rings (SSSR count). The Morgan fingerprint density at radius 2 is 0.919 bits per heavy atom. The van der Waals surface area contributed by atoms with Crippen LogP contribution in [0.15, 0.2) is 0 Å². The number of rotatable bonds is 20. The fourth-order valence-electron chi connectivity index (χ4n) is 5.69. The monoisotopic (exact) mass is 650 g/mol. The van der Waals surface area contributed by atoms with Gasteiger partial charge in [-0.2, -0.15) is 0 Å². The SMILES string of the molecule is CC(O)COC(CC(C)Cl)(CC(C)Cl)C(CO)(C(O)CC(C)Cl)C(CC(C)Cl)(CC(C)Cl)OCC(C)Cl. The molecule has 0 aromatic rings. The Morgan fingerprint density at radius 1 is 0.568 bits per heavy atom. The summed E-state index contributed by atoms with van der Waals surface area (Å²) in [5.74, 6) is 0. The quantitative estimate of drug-likeness (QED) is 0.124. The predicted molar refractivity (Wildman–Crippen MR) is 160 cm³/mol. The summed E-state index contributed by atoms with van der Waals surface area (Å²) in [7, 11) is 0. The summed E-state index contributed by atoms with van der Waals surface area (Å²) in [4.78, 5) is 0. The molecule has 3 N–H and O–H groups in total. The lowest BCUT2D eigenvalue weighted by Gasteiger charge is -2.62. The second-order valence-electron chi connectivity index (χ2n) is 10.8. The third kappa shape index (κ3) is 11.4. The second kappa shape index (κ2) is 17.5. The fourth-order valence-corrected chi connectivity index (χ4v) is 6.91. The van der Waals surface area contributed by atoms with Crippen molar-refractivity contribution < 1.29 is 24.8 Å². The van der Waals surface area contributed by atoms with Crippen LogP contribution in [0.1, 0.15) is 80.6 Å². The molecule has 0 saturated carbocycles. The molecule has 0 heterocycles. The van der Waals surface area contributed by atoms with Crippen molar-refractivity contribution in [2.45, 2.75) is 136 Å². The van der Waals surface area contributed by atoms with Gasteiger partial charge in [-0.3, -0.25) is 0 Å². The Morgan fingerprint density at radius 3 is 1.16 bits per heavy atom. The Bertz CT molecular complexity index is 556. The van der Waals surface area contributed by atoms with Crippen LogP contribution in [0, 0.1) is 5.41 Å². The minimum absolute atomic E-state index is 0.0903. The number of hydrogen-bond donors (Lipinski definition) is 3. The highest BCUT2D eigenvalue weighted by atomic mass is 35.5. The summed E-state index contributed by atoms with van der Waals surface area (Å²) in [6.45, 7) is 11.8. The molecular weight excluding hydrogens is 605 g/mol. The molecule has 224 valence electrons. The lowest BCUT2D eigenvalue weighted by molar-refractivity contribution is -0.295. The van der Waals surface area contributed by atoms with Gasteiger partial charge in [-0.1, -0.05) is 0 Å². The van der Waals surface area contributed by atoms with E-state index in [0.29, 0.717) is 0 Å². The maximum absolute atomic E-state index is 12.1. The van der Waals surface area contributed by atoms with E-state index in [-0.39, 0.29) is 50.7 Å². The van der Waals surface area contributed by atoms with Crippen LogP contribution in [-0.2, 0) is 9.47 Å². The number of aliphatic hydroxyl groups is 3. The van der Waals surface area contributed by atoms with Crippen LogP contribution in [0.4, 0.5) is 0 Å². The van der Waals surface area contributed by atoms with E-state index in [9.17, 15) is 15.3 Å². The third-order valence-corrected chi connectivity index (χ3v) is 7.55. The van der Waals surface area contributed by atoms with Gasteiger partial charge in [0.1, 0.15) is 0 Å². The highest BCUT2D eigenvalue weighted by Crippen LogP contribution is 2.58. The van der Waals surface area contributed by atoms with Crippen LogP contribution in [0.5, 0.6) is 0 Å². The Hall–Kier alpha value is 1.54. The first-order chi connectivity index (χ1) is 16.9. The maximum atomic E-state index is 12.1. The van der Waals surface area contributed by atoms with E-state index in [1.165, 1.54) is 0 Å². The number of alkyl halides is 6. The third-order valence-electron chi connectivity index (χ3n) is 6.63. The summed E-state index contributed by atoms with van der Waals surface area (Å²) < 4.78 is 13.2. The zero-order valence-electron chi connectivity index (χ0n) is 23.2. The van der Waals surface area contributed by atoms with E-state index in [2.05, 4.69) is 0 Å². The summed E-state index contributed by atoms with van der Waals surface area (Å²) in [6.07, 6.45) is -1.21. The molecule has 0 radical (unpaired) electrons. The lowest BCUT2D eigenvalue weighted by atomic mass is 9.52. The maximum Gasteiger partial charge on any atom is 0.0842 e. The molecule has 11 heteroatoms. The van der Waals surface area contributed by atoms with Gasteiger partial charge in [0, 0.05) is 26.9 Å². The van der Waals surface area contributed by atoms with Crippen molar-refractivity contribution in [3.63, 3.8) is 0 Å². The van der Waals surface area contributed by atoms with Crippen molar-refractivity contribution in [3.05, 3.63) is 0 Å². The highest BCUT2D eigenvalue weighted by molar-refractivity contribution is 6.21. The molecule has 0 spiro atoms. The molecule has 0 aliphatic rings. The number of hydrogen-bond acceptors (Lipinski definition) is 5. The van der Waals surface area contributed by atoms with Crippen molar-refractivity contribution in [1.82, 2.24) is 0 Å². The van der Waals surface area contributed by atoms with Gasteiger partial charge >= 0.3 is 0 Å².